The number of nitrogens with one attached hydrogen (secondary N) is 1. The summed E-state index contributed by atoms with van der Waals surface area (Å²) in [4.78, 5) is 3.23. The first-order valence-corrected chi connectivity index (χ1v) is 8.41. The first-order chi connectivity index (χ1) is 9.05. The van der Waals surface area contributed by atoms with Gasteiger partial charge in [0.1, 0.15) is 0 Å². The van der Waals surface area contributed by atoms with Crippen molar-refractivity contribution in [1.82, 2.24) is 9.29 Å². The number of aromatic nitrogens is 1. The van der Waals surface area contributed by atoms with Gasteiger partial charge >= 0.3 is 0 Å². The third-order valence-corrected chi connectivity index (χ3v) is 5.29. The predicted octanol–water partition coefficient (Wildman–Crippen LogP) is 2.31. The van der Waals surface area contributed by atoms with Crippen LogP contribution in [0.15, 0.2) is 30.5 Å². The number of hydrogen-bond acceptors (Lipinski definition) is 2. The van der Waals surface area contributed by atoms with Crippen LogP contribution in [0.5, 0.6) is 0 Å². The highest BCUT2D eigenvalue weighted by atomic mass is 32.2. The van der Waals surface area contributed by atoms with Crippen LogP contribution in [0.25, 0.3) is 10.9 Å². The summed E-state index contributed by atoms with van der Waals surface area (Å²) in [7, 11) is -3.04. The van der Waals surface area contributed by atoms with E-state index in [-0.39, 0.29) is 0 Å². The lowest BCUT2D eigenvalue weighted by molar-refractivity contribution is 0.322. The van der Waals surface area contributed by atoms with Gasteiger partial charge < -0.3 is 4.98 Å². The predicted molar refractivity (Wildman–Crippen MR) is 76.7 cm³/mol. The maximum absolute atomic E-state index is 11.5. The average Bonchev–Trinajstić information content (AvgIpc) is 2.86. The molecular formula is C14H18N2O2S. The molecule has 1 N–H and O–H groups in total. The Morgan fingerprint density at radius 2 is 1.95 bits per heavy atom. The van der Waals surface area contributed by atoms with Crippen molar-refractivity contribution in [2.75, 3.05) is 19.3 Å². The molecule has 1 aromatic carbocycles. The standard InChI is InChI=1S/C14H18N2O2S/c1-19(17,18)16-9-6-11(7-10-16)12-3-2-4-14-13(12)5-8-15-14/h2-5,8,11,15H,6-7,9-10H2,1H3. The molecule has 3 rings (SSSR count). The maximum Gasteiger partial charge on any atom is 0.211 e. The van der Waals surface area contributed by atoms with Crippen LogP contribution < -0.4 is 0 Å². The highest BCUT2D eigenvalue weighted by Crippen LogP contribution is 2.33. The molecule has 2 aromatic rings. The third kappa shape index (κ3) is 2.40. The smallest absolute Gasteiger partial charge is 0.211 e. The summed E-state index contributed by atoms with van der Waals surface area (Å²) in [6, 6.07) is 8.41. The summed E-state index contributed by atoms with van der Waals surface area (Å²) in [5.41, 5.74) is 2.50. The molecule has 0 spiro atoms. The largest absolute Gasteiger partial charge is 0.361 e. The number of hydrogen-bond donors (Lipinski definition) is 1. The normalized spacial score (nSPS) is 19.0. The molecule has 0 amide bonds. The second-order valence-corrected chi connectivity index (χ2v) is 7.20. The summed E-state index contributed by atoms with van der Waals surface area (Å²) in [5.74, 6) is 0.456. The van der Waals surface area contributed by atoms with Gasteiger partial charge in [-0.1, -0.05) is 12.1 Å². The van der Waals surface area contributed by atoms with Gasteiger partial charge in [-0.2, -0.15) is 0 Å². The highest BCUT2D eigenvalue weighted by Gasteiger charge is 2.26. The zero-order valence-electron chi connectivity index (χ0n) is 11.0. The summed E-state index contributed by atoms with van der Waals surface area (Å²) in [5, 5.41) is 1.26. The first kappa shape index (κ1) is 12.7. The van der Waals surface area contributed by atoms with E-state index < -0.39 is 10.0 Å². The number of sulfonamides is 1. The molecule has 19 heavy (non-hydrogen) atoms. The van der Waals surface area contributed by atoms with Crippen LogP contribution in [-0.2, 0) is 10.0 Å². The fourth-order valence-electron chi connectivity index (χ4n) is 2.96. The lowest BCUT2D eigenvalue weighted by Gasteiger charge is -2.30. The van der Waals surface area contributed by atoms with Crippen molar-refractivity contribution in [3.05, 3.63) is 36.0 Å². The number of H-pyrrole nitrogens is 1. The second-order valence-electron chi connectivity index (χ2n) is 5.22. The number of piperidine rings is 1. The number of fused-ring (bicyclic) bond motifs is 1. The Hall–Kier alpha value is -1.33. The lowest BCUT2D eigenvalue weighted by atomic mass is 9.88. The molecule has 102 valence electrons. The molecule has 1 aromatic heterocycles. The zero-order valence-corrected chi connectivity index (χ0v) is 11.8. The van der Waals surface area contributed by atoms with Crippen LogP contribution in [0.1, 0.15) is 24.3 Å². The van der Waals surface area contributed by atoms with E-state index >= 15 is 0 Å². The molecule has 2 heterocycles. The SMILES string of the molecule is CS(=O)(=O)N1CCC(c2cccc3[nH]ccc23)CC1. The van der Waals surface area contributed by atoms with Gasteiger partial charge in [-0.05, 0) is 36.5 Å². The maximum atomic E-state index is 11.5. The van der Waals surface area contributed by atoms with Crippen molar-refractivity contribution in [3.63, 3.8) is 0 Å². The van der Waals surface area contributed by atoms with Gasteiger partial charge in [0.25, 0.3) is 0 Å². The van der Waals surface area contributed by atoms with E-state index in [0.717, 1.165) is 18.4 Å². The van der Waals surface area contributed by atoms with E-state index in [1.807, 2.05) is 6.20 Å². The van der Waals surface area contributed by atoms with E-state index in [9.17, 15) is 8.42 Å². The van der Waals surface area contributed by atoms with E-state index in [4.69, 9.17) is 0 Å². The second kappa shape index (κ2) is 4.65. The molecule has 4 nitrogen and oxygen atoms in total. The van der Waals surface area contributed by atoms with Crippen molar-refractivity contribution in [2.24, 2.45) is 0 Å². The van der Waals surface area contributed by atoms with Crippen molar-refractivity contribution >= 4 is 20.9 Å². The molecule has 0 aliphatic carbocycles. The first-order valence-electron chi connectivity index (χ1n) is 6.57. The third-order valence-electron chi connectivity index (χ3n) is 3.99. The van der Waals surface area contributed by atoms with Gasteiger partial charge in [-0.3, -0.25) is 0 Å². The lowest BCUT2D eigenvalue weighted by Crippen LogP contribution is -2.37. The molecule has 0 unspecified atom stereocenters. The molecular weight excluding hydrogens is 260 g/mol. The van der Waals surface area contributed by atoms with E-state index in [1.165, 1.54) is 17.2 Å². The Bertz CT molecular complexity index is 682. The molecule has 0 bridgehead atoms. The van der Waals surface area contributed by atoms with E-state index in [2.05, 4.69) is 29.2 Å². The Balaban J connectivity index is 1.84. The number of benzene rings is 1. The molecule has 5 heteroatoms. The van der Waals surface area contributed by atoms with Crippen molar-refractivity contribution in [2.45, 2.75) is 18.8 Å². The number of aromatic amines is 1. The van der Waals surface area contributed by atoms with Crippen LogP contribution in [0.4, 0.5) is 0 Å². The van der Waals surface area contributed by atoms with Crippen LogP contribution in [-0.4, -0.2) is 37.1 Å². The summed E-state index contributed by atoms with van der Waals surface area (Å²) in [6.45, 7) is 1.26. The van der Waals surface area contributed by atoms with Gasteiger partial charge in [0.2, 0.25) is 10.0 Å². The van der Waals surface area contributed by atoms with E-state index in [0.29, 0.717) is 19.0 Å². The molecule has 1 fully saturated rings. The minimum Gasteiger partial charge on any atom is -0.361 e. The van der Waals surface area contributed by atoms with Crippen LogP contribution in [0.2, 0.25) is 0 Å². The van der Waals surface area contributed by atoms with Crippen molar-refractivity contribution < 1.29 is 8.42 Å². The average molecular weight is 278 g/mol. The Labute approximate surface area is 113 Å². The minimum absolute atomic E-state index is 0.456. The fourth-order valence-corrected chi connectivity index (χ4v) is 3.84. The molecule has 1 aliphatic heterocycles. The zero-order chi connectivity index (χ0) is 13.5. The summed E-state index contributed by atoms with van der Waals surface area (Å²) >= 11 is 0. The van der Waals surface area contributed by atoms with Gasteiger partial charge in [-0.25, -0.2) is 12.7 Å². The van der Waals surface area contributed by atoms with Gasteiger partial charge in [0.05, 0.1) is 6.26 Å². The molecule has 0 radical (unpaired) electrons. The summed E-state index contributed by atoms with van der Waals surface area (Å²) in [6.07, 6.45) is 5.05. The van der Waals surface area contributed by atoms with Crippen LogP contribution >= 0.6 is 0 Å². The number of nitrogens with zero attached hydrogens (tertiary/aromatic N) is 1. The van der Waals surface area contributed by atoms with Crippen LogP contribution in [0, 0.1) is 0 Å². The monoisotopic (exact) mass is 278 g/mol. The fraction of sp³-hybridized carbons (Fsp3) is 0.429. The van der Waals surface area contributed by atoms with Gasteiger partial charge in [0, 0.05) is 30.2 Å². The van der Waals surface area contributed by atoms with Crippen LogP contribution in [0.3, 0.4) is 0 Å². The van der Waals surface area contributed by atoms with Gasteiger partial charge in [-0.15, -0.1) is 0 Å². The highest BCUT2D eigenvalue weighted by molar-refractivity contribution is 7.88. The quantitative estimate of drug-likeness (QED) is 0.916. The Kier molecular flexibility index (Phi) is 3.11. The van der Waals surface area contributed by atoms with E-state index in [1.54, 1.807) is 4.31 Å². The van der Waals surface area contributed by atoms with Gasteiger partial charge in [0.15, 0.2) is 0 Å². The Morgan fingerprint density at radius 1 is 1.21 bits per heavy atom. The Morgan fingerprint density at radius 3 is 2.63 bits per heavy atom. The molecule has 0 atom stereocenters. The molecule has 1 saturated heterocycles. The minimum atomic E-state index is -3.04. The van der Waals surface area contributed by atoms with Crippen molar-refractivity contribution in [1.29, 1.82) is 0 Å². The topological polar surface area (TPSA) is 53.2 Å². The van der Waals surface area contributed by atoms with Crippen molar-refractivity contribution in [3.8, 4) is 0 Å². The molecule has 1 aliphatic rings. The number of rotatable bonds is 2. The molecule has 0 saturated carbocycles. The summed E-state index contributed by atoms with van der Waals surface area (Å²) < 4.78 is 24.6.